The fourth-order valence-electron chi connectivity index (χ4n) is 3.71. The molecule has 22 heavy (non-hydrogen) atoms. The van der Waals surface area contributed by atoms with Crippen LogP contribution in [0.3, 0.4) is 0 Å². The van der Waals surface area contributed by atoms with Crippen LogP contribution in [0.15, 0.2) is 0 Å². The molecule has 1 saturated heterocycles. The van der Waals surface area contributed by atoms with E-state index < -0.39 is 23.7 Å². The van der Waals surface area contributed by atoms with Gasteiger partial charge in [-0.1, -0.05) is 6.42 Å². The van der Waals surface area contributed by atoms with Crippen LogP contribution in [-0.4, -0.2) is 52.8 Å². The number of rotatable bonds is 4. The molecule has 0 aromatic carbocycles. The van der Waals surface area contributed by atoms with E-state index in [1.165, 1.54) is 0 Å². The van der Waals surface area contributed by atoms with Crippen molar-refractivity contribution in [2.45, 2.75) is 64.8 Å². The molecule has 2 fully saturated rings. The summed E-state index contributed by atoms with van der Waals surface area (Å²) in [4.78, 5) is 26.2. The maximum Gasteiger partial charge on any atom is 0.323 e. The van der Waals surface area contributed by atoms with Gasteiger partial charge in [-0.3, -0.25) is 14.5 Å². The first-order valence-electron chi connectivity index (χ1n) is 8.17. The quantitative estimate of drug-likeness (QED) is 0.754. The van der Waals surface area contributed by atoms with Gasteiger partial charge in [-0.15, -0.1) is 0 Å². The molecule has 1 amide bonds. The molecule has 0 aromatic heterocycles. The number of carbonyl (C=O) groups excluding carboxylic acids is 2. The number of aliphatic hydroxyl groups excluding tert-OH is 1. The van der Waals surface area contributed by atoms with Gasteiger partial charge in [0.1, 0.15) is 6.04 Å². The summed E-state index contributed by atoms with van der Waals surface area (Å²) in [6.45, 7) is 8.24. The molecule has 6 nitrogen and oxygen atoms in total. The standard InChI is InChI=1S/C16H28N2O4/c1-5-22-15(21)12-11-8-6-7-10(11)9-18(12)14(20)13(19)17-16(2,3)4/h10-12,14,20H,5-9H2,1-4H3,(H,17,19)/t10-,11-,12?,14?/m0/s1. The molecular weight excluding hydrogens is 284 g/mol. The first-order valence-corrected chi connectivity index (χ1v) is 8.17. The number of hydrogen-bond donors (Lipinski definition) is 2. The zero-order valence-corrected chi connectivity index (χ0v) is 14.0. The van der Waals surface area contributed by atoms with Crippen molar-refractivity contribution in [1.29, 1.82) is 0 Å². The number of hydrogen-bond acceptors (Lipinski definition) is 5. The Hall–Kier alpha value is -1.14. The topological polar surface area (TPSA) is 78.9 Å². The van der Waals surface area contributed by atoms with Crippen LogP contribution in [-0.2, 0) is 14.3 Å². The third kappa shape index (κ3) is 3.60. The van der Waals surface area contributed by atoms with Crippen LogP contribution in [0.2, 0.25) is 0 Å². The molecular formula is C16H28N2O4. The fraction of sp³-hybridized carbons (Fsp3) is 0.875. The van der Waals surface area contributed by atoms with Gasteiger partial charge in [0, 0.05) is 12.1 Å². The molecule has 126 valence electrons. The van der Waals surface area contributed by atoms with Crippen molar-refractivity contribution in [3.63, 3.8) is 0 Å². The fourth-order valence-corrected chi connectivity index (χ4v) is 3.71. The van der Waals surface area contributed by atoms with Crippen molar-refractivity contribution in [2.24, 2.45) is 11.8 Å². The summed E-state index contributed by atoms with van der Waals surface area (Å²) in [5, 5.41) is 13.2. The van der Waals surface area contributed by atoms with Crippen molar-refractivity contribution < 1.29 is 19.4 Å². The highest BCUT2D eigenvalue weighted by Gasteiger charge is 2.51. The Morgan fingerprint density at radius 1 is 1.36 bits per heavy atom. The average molecular weight is 312 g/mol. The number of carbonyl (C=O) groups is 2. The van der Waals surface area contributed by atoms with E-state index in [-0.39, 0.29) is 11.9 Å². The van der Waals surface area contributed by atoms with Gasteiger partial charge < -0.3 is 15.2 Å². The molecule has 1 saturated carbocycles. The molecule has 1 heterocycles. The Morgan fingerprint density at radius 3 is 2.64 bits per heavy atom. The lowest BCUT2D eigenvalue weighted by Gasteiger charge is -2.31. The second-order valence-corrected chi connectivity index (χ2v) is 7.36. The summed E-state index contributed by atoms with van der Waals surface area (Å²) < 4.78 is 5.17. The zero-order chi connectivity index (χ0) is 16.5. The van der Waals surface area contributed by atoms with E-state index >= 15 is 0 Å². The number of nitrogens with zero attached hydrogens (tertiary/aromatic N) is 1. The second kappa shape index (κ2) is 6.54. The van der Waals surface area contributed by atoms with E-state index in [1.54, 1.807) is 11.8 Å². The predicted molar refractivity (Wildman–Crippen MR) is 81.9 cm³/mol. The van der Waals surface area contributed by atoms with E-state index in [0.29, 0.717) is 19.1 Å². The Bertz CT molecular complexity index is 432. The second-order valence-electron chi connectivity index (χ2n) is 7.36. The van der Waals surface area contributed by atoms with Crippen LogP contribution in [0.5, 0.6) is 0 Å². The lowest BCUT2D eigenvalue weighted by molar-refractivity contribution is -0.158. The number of esters is 1. The van der Waals surface area contributed by atoms with Crippen molar-refractivity contribution >= 4 is 11.9 Å². The van der Waals surface area contributed by atoms with Gasteiger partial charge in [0.15, 0.2) is 6.23 Å². The van der Waals surface area contributed by atoms with Gasteiger partial charge in [-0.25, -0.2) is 0 Å². The van der Waals surface area contributed by atoms with Crippen molar-refractivity contribution in [3.8, 4) is 0 Å². The molecule has 1 aliphatic heterocycles. The highest BCUT2D eigenvalue weighted by molar-refractivity contribution is 5.83. The van der Waals surface area contributed by atoms with Crippen molar-refractivity contribution in [2.75, 3.05) is 13.2 Å². The molecule has 0 spiro atoms. The van der Waals surface area contributed by atoms with Crippen molar-refractivity contribution in [1.82, 2.24) is 10.2 Å². The van der Waals surface area contributed by atoms with Gasteiger partial charge in [0.2, 0.25) is 0 Å². The molecule has 0 bridgehead atoms. The molecule has 2 N–H and O–H groups in total. The van der Waals surface area contributed by atoms with E-state index in [9.17, 15) is 14.7 Å². The van der Waals surface area contributed by atoms with E-state index in [2.05, 4.69) is 5.32 Å². The minimum Gasteiger partial charge on any atom is -0.465 e. The third-order valence-electron chi connectivity index (χ3n) is 4.50. The highest BCUT2D eigenvalue weighted by atomic mass is 16.5. The number of nitrogens with one attached hydrogen (secondary N) is 1. The Labute approximate surface area is 132 Å². The van der Waals surface area contributed by atoms with Crippen LogP contribution < -0.4 is 5.32 Å². The third-order valence-corrected chi connectivity index (χ3v) is 4.50. The van der Waals surface area contributed by atoms with E-state index in [0.717, 1.165) is 19.3 Å². The minimum atomic E-state index is -1.31. The summed E-state index contributed by atoms with van der Waals surface area (Å²) >= 11 is 0. The first-order chi connectivity index (χ1) is 10.2. The summed E-state index contributed by atoms with van der Waals surface area (Å²) in [5.74, 6) is -0.219. The number of aliphatic hydroxyl groups is 1. The smallest absolute Gasteiger partial charge is 0.323 e. The van der Waals surface area contributed by atoms with Crippen LogP contribution in [0.1, 0.15) is 47.0 Å². The van der Waals surface area contributed by atoms with Crippen LogP contribution in [0, 0.1) is 11.8 Å². The Morgan fingerprint density at radius 2 is 2.05 bits per heavy atom. The largest absolute Gasteiger partial charge is 0.465 e. The molecule has 0 radical (unpaired) electrons. The van der Waals surface area contributed by atoms with Crippen LogP contribution in [0.4, 0.5) is 0 Å². The molecule has 2 unspecified atom stereocenters. The lowest BCUT2D eigenvalue weighted by Crippen LogP contribution is -2.55. The normalized spacial score (nSPS) is 30.0. The highest BCUT2D eigenvalue weighted by Crippen LogP contribution is 2.43. The molecule has 2 rings (SSSR count). The zero-order valence-electron chi connectivity index (χ0n) is 14.0. The maximum absolute atomic E-state index is 12.3. The van der Waals surface area contributed by atoms with Gasteiger partial charge in [0.05, 0.1) is 6.61 Å². The lowest BCUT2D eigenvalue weighted by atomic mass is 9.94. The summed E-state index contributed by atoms with van der Waals surface area (Å²) in [6.07, 6.45) is 1.80. The van der Waals surface area contributed by atoms with E-state index in [4.69, 9.17) is 4.74 Å². The molecule has 0 aromatic rings. The number of ether oxygens (including phenoxy) is 1. The van der Waals surface area contributed by atoms with Crippen LogP contribution in [0.25, 0.3) is 0 Å². The molecule has 6 heteroatoms. The monoisotopic (exact) mass is 312 g/mol. The average Bonchev–Trinajstić information content (AvgIpc) is 2.95. The summed E-state index contributed by atoms with van der Waals surface area (Å²) in [6, 6.07) is -0.506. The number of fused-ring (bicyclic) bond motifs is 1. The Kier molecular flexibility index (Phi) is 5.12. The molecule has 2 aliphatic rings. The SMILES string of the molecule is CCOC(=O)C1[C@H]2CCC[C@H]2CN1C(O)C(=O)NC(C)(C)C. The maximum atomic E-state index is 12.3. The summed E-state index contributed by atoms with van der Waals surface area (Å²) in [5.41, 5.74) is -0.424. The van der Waals surface area contributed by atoms with Crippen LogP contribution >= 0.6 is 0 Å². The molecule has 4 atom stereocenters. The predicted octanol–water partition coefficient (Wildman–Crippen LogP) is 0.883. The van der Waals surface area contributed by atoms with E-state index in [1.807, 2.05) is 20.8 Å². The first kappa shape index (κ1) is 17.2. The van der Waals surface area contributed by atoms with Gasteiger partial charge in [0.25, 0.3) is 5.91 Å². The molecule has 1 aliphatic carbocycles. The Balaban J connectivity index is 2.13. The number of amides is 1. The van der Waals surface area contributed by atoms with Gasteiger partial charge in [-0.05, 0) is 52.4 Å². The minimum absolute atomic E-state index is 0.191. The van der Waals surface area contributed by atoms with Gasteiger partial charge in [-0.2, -0.15) is 0 Å². The van der Waals surface area contributed by atoms with Gasteiger partial charge >= 0.3 is 5.97 Å². The van der Waals surface area contributed by atoms with Crippen molar-refractivity contribution in [3.05, 3.63) is 0 Å². The summed E-state index contributed by atoms with van der Waals surface area (Å²) in [7, 11) is 0. The number of likely N-dealkylation sites (tertiary alicyclic amines) is 1.